The van der Waals surface area contributed by atoms with E-state index in [-0.39, 0.29) is 31.0 Å². The van der Waals surface area contributed by atoms with Gasteiger partial charge in [0.05, 0.1) is 68.3 Å². The van der Waals surface area contributed by atoms with Crippen LogP contribution in [-0.4, -0.2) is 397 Å². The standard InChI is InChI=1S/C71H112O36.C5H10O4/c1-25-36(76)41(81)46(86)59(95-25)102-52-49(89)54(57(91)92)104-64(56(52)106-61-48(88)43(83)40(80)32(22-73)99-61)100-35-13-14-67(6)33(68(35,7)24-74)12-15-70(9)34(67)11-10-28-29-20-66(4,5)16-18-71(29,19-17-69(28,70)8)65(93)107-63-55(44(84)37(77)26(2)96-63)105-62-50(90)53(103-60-47(87)42(82)39(79)31(21-72)98-60)51(27(3)97-62)101-58-45(85)38(78)30(75)23-94-58;6-3-1-9-2-4(7)5(3)8/h10,24-27,29-56,58-64,72-73,75-90H,11-23H2,1-9H3,(H,91,92);3-8H,1-2H2/t25?,26?,27?,29-,30+,31?,32?,33?,34?,35?,36-,37-,38+,39+,40-,41-,42+,43+,44+,45?,46?,47?,48?,49-,50?,51-,52+,53+,54?,55?,56?,58-,59-,60-,61-,62-,63-,64+,67-,68-,69+,70+,71-;3-,4?,5?/m01/s1. The zero-order valence-corrected chi connectivity index (χ0v) is 66.1. The second kappa shape index (κ2) is 35.5. The number of rotatable bonds is 18. The van der Waals surface area contributed by atoms with E-state index in [0.717, 1.165) is 11.9 Å². The molecule has 0 bridgehead atoms. The number of aliphatic hydroxyl groups is 21. The van der Waals surface area contributed by atoms with Crippen molar-refractivity contribution < 1.29 is 198 Å². The van der Waals surface area contributed by atoms with Crippen molar-refractivity contribution in [3.8, 4) is 0 Å². The number of aliphatic hydroxyl groups excluding tert-OH is 21. The molecule has 40 heteroatoms. The maximum absolute atomic E-state index is 15.9. The second-order valence-electron chi connectivity index (χ2n) is 36.1. The fourth-order valence-electron chi connectivity index (χ4n) is 21.1. The van der Waals surface area contributed by atoms with Crippen molar-refractivity contribution >= 4 is 18.2 Å². The molecule has 0 spiro atoms. The molecule has 40 nitrogen and oxygen atoms in total. The first-order chi connectivity index (χ1) is 54.4. The third-order valence-electron chi connectivity index (χ3n) is 28.6. The fraction of sp³-hybridized carbons (Fsp3) is 0.934. The first-order valence-corrected chi connectivity index (χ1v) is 40.2. The van der Waals surface area contributed by atoms with Crippen LogP contribution in [0.2, 0.25) is 0 Å². The predicted molar refractivity (Wildman–Crippen MR) is 380 cm³/mol. The first-order valence-electron chi connectivity index (χ1n) is 40.2. The molecule has 5 aliphatic carbocycles. The summed E-state index contributed by atoms with van der Waals surface area (Å²) in [4.78, 5) is 43.2. The molecule has 12 fully saturated rings. The molecule has 8 heterocycles. The number of ether oxygens (including phenoxy) is 15. The molecule has 4 saturated carbocycles. The number of carbonyl (C=O) groups excluding carboxylic acids is 2. The van der Waals surface area contributed by atoms with Gasteiger partial charge in [-0.3, -0.25) is 4.79 Å². The fourth-order valence-corrected chi connectivity index (χ4v) is 21.1. The Hall–Kier alpha value is -3.05. The van der Waals surface area contributed by atoms with E-state index < -0.39 is 304 Å². The summed E-state index contributed by atoms with van der Waals surface area (Å²) >= 11 is 0. The van der Waals surface area contributed by atoms with Crippen LogP contribution in [0.3, 0.4) is 0 Å². The lowest BCUT2D eigenvalue weighted by Gasteiger charge is -2.71. The number of carboxylic acid groups (broad SMARTS) is 1. The van der Waals surface area contributed by atoms with Gasteiger partial charge in [-0.1, -0.05) is 53.2 Å². The maximum Gasteiger partial charge on any atom is 0.335 e. The summed E-state index contributed by atoms with van der Waals surface area (Å²) in [6, 6.07) is 0. The van der Waals surface area contributed by atoms with E-state index >= 15 is 4.79 Å². The van der Waals surface area contributed by atoms with Gasteiger partial charge in [0.15, 0.2) is 49.9 Å². The molecule has 666 valence electrons. The van der Waals surface area contributed by atoms with Crippen LogP contribution in [-0.2, 0) is 85.4 Å². The number of aldehydes is 1. The van der Waals surface area contributed by atoms with E-state index in [1.165, 1.54) is 20.8 Å². The molecule has 8 saturated heterocycles. The highest BCUT2D eigenvalue weighted by Gasteiger charge is 2.72. The highest BCUT2D eigenvalue weighted by molar-refractivity contribution is 5.79. The van der Waals surface area contributed by atoms with E-state index in [1.807, 2.05) is 0 Å². The average molecular weight is 1680 g/mol. The number of hydrogen-bond donors (Lipinski definition) is 22. The van der Waals surface area contributed by atoms with Crippen LogP contribution in [0.15, 0.2) is 11.6 Å². The SMILES string of the molecule is CC1O[C@@H](O[C@H]2C(O[C@@H]3OC(CO)[C@H](O)[C@@H](O)C3O)[C@H](OC3CC[C@@]4(C)C(CC[C@]5(C)C4CC=C4[C@@H]6CC(C)(C)CC[C@]6(C(=O)O[C@@H]6OC(C)[C@H](O)[C@@H](O)C6O[C@@H]6OC(C)[C@H](O[C@@H]7OC[C@@H](O)[C@@H](O)C7O)[C@H](O[C@@H]7OC(CO)[C@@H](O)[C@@H](O)C7O)C6O)CC[C@]45C)[C@]3(C)C=O)OC(C(=O)O)[C@H]2O)C(O)[C@@H](O)[C@H]1O.OC1COC[C@@H](O)C1O. The molecule has 116 heavy (non-hydrogen) atoms. The summed E-state index contributed by atoms with van der Waals surface area (Å²) in [5.41, 5.74) is -3.64. The van der Waals surface area contributed by atoms with Crippen molar-refractivity contribution in [2.45, 2.75) is 360 Å². The first kappa shape index (κ1) is 92.1. The number of fused-ring (bicyclic) bond motifs is 7. The average Bonchev–Trinajstić information content (AvgIpc) is 0.673. The maximum atomic E-state index is 15.9. The summed E-state index contributed by atoms with van der Waals surface area (Å²) in [7, 11) is 0. The summed E-state index contributed by atoms with van der Waals surface area (Å²) in [6.07, 6.45) is -58.2. The Kier molecular flexibility index (Phi) is 28.2. The van der Waals surface area contributed by atoms with Gasteiger partial charge in [-0.2, -0.15) is 0 Å². The lowest BCUT2D eigenvalue weighted by Crippen LogP contribution is -2.69. The molecule has 18 unspecified atom stereocenters. The zero-order chi connectivity index (χ0) is 85.0. The molecule has 13 aliphatic rings. The van der Waals surface area contributed by atoms with Crippen LogP contribution in [0.1, 0.15) is 127 Å². The van der Waals surface area contributed by atoms with Crippen LogP contribution in [0.4, 0.5) is 0 Å². The highest BCUT2D eigenvalue weighted by atomic mass is 16.8. The lowest BCUT2D eigenvalue weighted by atomic mass is 9.33. The lowest BCUT2D eigenvalue weighted by molar-refractivity contribution is -0.394. The van der Waals surface area contributed by atoms with Crippen molar-refractivity contribution in [3.63, 3.8) is 0 Å². The van der Waals surface area contributed by atoms with Gasteiger partial charge < -0.3 is 188 Å². The third-order valence-corrected chi connectivity index (χ3v) is 28.6. The highest BCUT2D eigenvalue weighted by Crippen LogP contribution is 2.76. The van der Waals surface area contributed by atoms with Crippen LogP contribution in [0.25, 0.3) is 0 Å². The van der Waals surface area contributed by atoms with Crippen LogP contribution < -0.4 is 0 Å². The smallest absolute Gasteiger partial charge is 0.335 e. The van der Waals surface area contributed by atoms with E-state index in [4.69, 9.17) is 86.4 Å². The monoisotopic (exact) mass is 1670 g/mol. The van der Waals surface area contributed by atoms with Crippen molar-refractivity contribution in [3.05, 3.63) is 11.6 Å². The predicted octanol–water partition coefficient (Wildman–Crippen LogP) is -7.47. The largest absolute Gasteiger partial charge is 0.479 e. The van der Waals surface area contributed by atoms with Crippen molar-refractivity contribution in [2.24, 2.45) is 50.2 Å². The van der Waals surface area contributed by atoms with Gasteiger partial charge in [-0.25, -0.2) is 4.79 Å². The van der Waals surface area contributed by atoms with Gasteiger partial charge in [0.1, 0.15) is 159 Å². The van der Waals surface area contributed by atoms with Gasteiger partial charge >= 0.3 is 11.9 Å². The van der Waals surface area contributed by atoms with Crippen molar-refractivity contribution in [1.29, 1.82) is 0 Å². The number of esters is 1. The van der Waals surface area contributed by atoms with E-state index in [1.54, 1.807) is 6.92 Å². The van der Waals surface area contributed by atoms with Gasteiger partial charge in [0.2, 0.25) is 6.29 Å². The Morgan fingerprint density at radius 1 is 0.448 bits per heavy atom. The van der Waals surface area contributed by atoms with Crippen LogP contribution >= 0.6 is 0 Å². The Morgan fingerprint density at radius 2 is 0.940 bits per heavy atom. The van der Waals surface area contributed by atoms with Gasteiger partial charge in [-0.15, -0.1) is 0 Å². The number of carboxylic acids is 1. The van der Waals surface area contributed by atoms with Crippen LogP contribution in [0, 0.1) is 50.2 Å². The molecule has 0 radical (unpaired) electrons. The minimum atomic E-state index is -2.22. The van der Waals surface area contributed by atoms with E-state index in [9.17, 15) is 107 Å². The molecule has 0 aromatic heterocycles. The van der Waals surface area contributed by atoms with E-state index in [2.05, 4.69) is 40.7 Å². The molecule has 13 rings (SSSR count). The van der Waals surface area contributed by atoms with Gasteiger partial charge in [0.25, 0.3) is 0 Å². The summed E-state index contributed by atoms with van der Waals surface area (Å²) in [5.74, 6) is -3.44. The molecule has 0 aromatic carbocycles. The molecule has 0 aromatic rings. The molecular weight excluding hydrogens is 1550 g/mol. The summed E-state index contributed by atoms with van der Waals surface area (Å²) < 4.78 is 90.0. The van der Waals surface area contributed by atoms with Gasteiger partial charge in [-0.05, 0) is 124 Å². The second-order valence-corrected chi connectivity index (χ2v) is 36.1. The Labute approximate surface area is 668 Å². The number of aliphatic carboxylic acids is 1. The van der Waals surface area contributed by atoms with Gasteiger partial charge in [0, 0.05) is 0 Å². The summed E-state index contributed by atoms with van der Waals surface area (Å²) in [5, 5.41) is 234. The Morgan fingerprint density at radius 3 is 1.51 bits per heavy atom. The van der Waals surface area contributed by atoms with Crippen LogP contribution in [0.5, 0.6) is 0 Å². The quantitative estimate of drug-likeness (QED) is 0.0262. The van der Waals surface area contributed by atoms with Crippen molar-refractivity contribution in [1.82, 2.24) is 0 Å². The zero-order valence-electron chi connectivity index (χ0n) is 66.1. The number of allylic oxidation sites excluding steroid dienone is 2. The number of hydrogen-bond acceptors (Lipinski definition) is 39. The number of carbonyl (C=O) groups is 3. The molecule has 46 atom stereocenters. The Bertz CT molecular complexity index is 3350. The molecule has 0 amide bonds. The topological polar surface area (TPSA) is 635 Å². The van der Waals surface area contributed by atoms with Crippen molar-refractivity contribution in [2.75, 3.05) is 33.0 Å². The van der Waals surface area contributed by atoms with E-state index in [0.29, 0.717) is 57.8 Å². The summed E-state index contributed by atoms with van der Waals surface area (Å²) in [6.45, 7) is 14.8. The minimum Gasteiger partial charge on any atom is -0.479 e. The third kappa shape index (κ3) is 16.6. The molecular formula is C76H122O40. The Balaban J connectivity index is 0.00000129. The molecule has 22 N–H and O–H groups in total. The normalized spacial score (nSPS) is 54.2. The molecule has 8 aliphatic heterocycles. The minimum absolute atomic E-state index is 0.109.